The van der Waals surface area contributed by atoms with Crippen LogP contribution in [0.2, 0.25) is 0 Å². The zero-order valence-electron chi connectivity index (χ0n) is 9.63. The Kier molecular flexibility index (Phi) is 4.90. The van der Waals surface area contributed by atoms with Crippen molar-refractivity contribution in [2.45, 2.75) is 50.7 Å². The van der Waals surface area contributed by atoms with Crippen LogP contribution >= 0.6 is 0 Å². The first-order chi connectivity index (χ1) is 7.45. The predicted molar refractivity (Wildman–Crippen MR) is 62.1 cm³/mol. The van der Waals surface area contributed by atoms with Crippen LogP contribution in [0, 0.1) is 0 Å². The number of nitrogens with one attached hydrogen (secondary N) is 2. The van der Waals surface area contributed by atoms with Crippen molar-refractivity contribution in [3.63, 3.8) is 0 Å². The van der Waals surface area contributed by atoms with E-state index in [2.05, 4.69) is 10.6 Å². The van der Waals surface area contributed by atoms with Crippen LogP contribution in [-0.4, -0.2) is 38.4 Å². The van der Waals surface area contributed by atoms with E-state index in [1.807, 2.05) is 0 Å². The lowest BCUT2D eigenvalue weighted by atomic mass is 10.0. The first-order valence-corrected chi connectivity index (χ1v) is 6.51. The van der Waals surface area contributed by atoms with Crippen molar-refractivity contribution in [3.05, 3.63) is 0 Å². The number of rotatable bonds is 4. The van der Waals surface area contributed by atoms with Gasteiger partial charge in [-0.2, -0.15) is 0 Å². The summed E-state index contributed by atoms with van der Waals surface area (Å²) < 4.78 is 5.68. The summed E-state index contributed by atoms with van der Waals surface area (Å²) in [4.78, 5) is 0. The second-order valence-electron chi connectivity index (χ2n) is 4.79. The summed E-state index contributed by atoms with van der Waals surface area (Å²) in [6.45, 7) is 4.32. The molecule has 2 atom stereocenters. The highest BCUT2D eigenvalue weighted by Crippen LogP contribution is 2.11. The van der Waals surface area contributed by atoms with Gasteiger partial charge in [0.2, 0.25) is 0 Å². The number of hydrogen-bond donors (Lipinski definition) is 2. The SMILES string of the molecule is C1CCC(CNCC2CCCCO2)NC1. The normalized spacial score (nSPS) is 32.8. The van der Waals surface area contributed by atoms with Gasteiger partial charge in [0.15, 0.2) is 0 Å². The Bertz CT molecular complexity index is 145. The molecular weight excluding hydrogens is 188 g/mol. The van der Waals surface area contributed by atoms with Crippen molar-refractivity contribution in [2.75, 3.05) is 26.2 Å². The Hall–Kier alpha value is -0.120. The largest absolute Gasteiger partial charge is 0.377 e. The van der Waals surface area contributed by atoms with Crippen LogP contribution < -0.4 is 10.6 Å². The first-order valence-electron chi connectivity index (χ1n) is 6.51. The third-order valence-corrected chi connectivity index (χ3v) is 3.45. The molecule has 2 N–H and O–H groups in total. The summed E-state index contributed by atoms with van der Waals surface area (Å²) in [5.74, 6) is 0. The maximum absolute atomic E-state index is 5.68. The van der Waals surface area contributed by atoms with Crippen LogP contribution in [0.5, 0.6) is 0 Å². The van der Waals surface area contributed by atoms with Crippen molar-refractivity contribution in [1.29, 1.82) is 0 Å². The van der Waals surface area contributed by atoms with Crippen LogP contribution in [-0.2, 0) is 4.74 Å². The number of piperidine rings is 1. The smallest absolute Gasteiger partial charge is 0.0699 e. The Balaban J connectivity index is 1.53. The Morgan fingerprint density at radius 1 is 1.07 bits per heavy atom. The topological polar surface area (TPSA) is 33.3 Å². The maximum Gasteiger partial charge on any atom is 0.0699 e. The molecule has 3 nitrogen and oxygen atoms in total. The fraction of sp³-hybridized carbons (Fsp3) is 1.00. The molecule has 2 saturated heterocycles. The van der Waals surface area contributed by atoms with E-state index in [9.17, 15) is 0 Å². The average Bonchev–Trinajstić information content (AvgIpc) is 2.32. The maximum atomic E-state index is 5.68. The Morgan fingerprint density at radius 2 is 2.00 bits per heavy atom. The van der Waals surface area contributed by atoms with E-state index in [0.29, 0.717) is 12.1 Å². The lowest BCUT2D eigenvalue weighted by Gasteiger charge is -2.26. The van der Waals surface area contributed by atoms with E-state index in [-0.39, 0.29) is 0 Å². The zero-order chi connectivity index (χ0) is 10.3. The van der Waals surface area contributed by atoms with Crippen molar-refractivity contribution in [2.24, 2.45) is 0 Å². The van der Waals surface area contributed by atoms with Crippen molar-refractivity contribution < 1.29 is 4.74 Å². The fourth-order valence-electron chi connectivity index (χ4n) is 2.49. The van der Waals surface area contributed by atoms with Gasteiger partial charge in [-0.15, -0.1) is 0 Å². The number of ether oxygens (including phenoxy) is 1. The minimum absolute atomic E-state index is 0.474. The molecule has 88 valence electrons. The summed E-state index contributed by atoms with van der Waals surface area (Å²) in [7, 11) is 0. The van der Waals surface area contributed by atoms with E-state index in [1.54, 1.807) is 0 Å². The lowest BCUT2D eigenvalue weighted by molar-refractivity contribution is 0.0166. The molecule has 2 heterocycles. The van der Waals surface area contributed by atoms with E-state index in [1.165, 1.54) is 45.1 Å². The van der Waals surface area contributed by atoms with Gasteiger partial charge in [0, 0.05) is 25.7 Å². The van der Waals surface area contributed by atoms with E-state index in [0.717, 1.165) is 19.7 Å². The molecule has 3 heteroatoms. The van der Waals surface area contributed by atoms with Crippen molar-refractivity contribution >= 4 is 0 Å². The summed E-state index contributed by atoms with van der Waals surface area (Å²) in [6, 6.07) is 0.697. The molecule has 2 aliphatic rings. The van der Waals surface area contributed by atoms with E-state index >= 15 is 0 Å². The molecule has 15 heavy (non-hydrogen) atoms. The Morgan fingerprint density at radius 3 is 2.73 bits per heavy atom. The molecule has 0 saturated carbocycles. The fourth-order valence-corrected chi connectivity index (χ4v) is 2.49. The molecule has 0 aromatic heterocycles. The summed E-state index contributed by atoms with van der Waals surface area (Å²) >= 11 is 0. The van der Waals surface area contributed by atoms with Gasteiger partial charge in [-0.05, 0) is 38.6 Å². The third-order valence-electron chi connectivity index (χ3n) is 3.45. The zero-order valence-corrected chi connectivity index (χ0v) is 9.63. The molecule has 2 rings (SSSR count). The second kappa shape index (κ2) is 6.46. The van der Waals surface area contributed by atoms with Crippen LogP contribution in [0.3, 0.4) is 0 Å². The highest BCUT2D eigenvalue weighted by molar-refractivity contribution is 4.75. The minimum atomic E-state index is 0.474. The molecular formula is C12H24N2O. The third kappa shape index (κ3) is 4.09. The first kappa shape index (κ1) is 11.4. The minimum Gasteiger partial charge on any atom is -0.377 e. The number of hydrogen-bond acceptors (Lipinski definition) is 3. The molecule has 0 spiro atoms. The highest BCUT2D eigenvalue weighted by atomic mass is 16.5. The molecule has 0 aromatic carbocycles. The van der Waals surface area contributed by atoms with Crippen LogP contribution in [0.25, 0.3) is 0 Å². The van der Waals surface area contributed by atoms with Crippen molar-refractivity contribution in [1.82, 2.24) is 10.6 Å². The van der Waals surface area contributed by atoms with Crippen LogP contribution in [0.15, 0.2) is 0 Å². The van der Waals surface area contributed by atoms with Gasteiger partial charge < -0.3 is 15.4 Å². The molecule has 0 bridgehead atoms. The van der Waals surface area contributed by atoms with Gasteiger partial charge in [-0.3, -0.25) is 0 Å². The Labute approximate surface area is 93.0 Å². The molecule has 0 radical (unpaired) electrons. The van der Waals surface area contributed by atoms with Gasteiger partial charge in [-0.1, -0.05) is 6.42 Å². The summed E-state index contributed by atoms with van der Waals surface area (Å²) in [6.07, 6.45) is 8.38. The predicted octanol–water partition coefficient (Wildman–Crippen LogP) is 1.29. The van der Waals surface area contributed by atoms with E-state index in [4.69, 9.17) is 4.74 Å². The van der Waals surface area contributed by atoms with Gasteiger partial charge >= 0.3 is 0 Å². The van der Waals surface area contributed by atoms with Gasteiger partial charge in [0.1, 0.15) is 0 Å². The quantitative estimate of drug-likeness (QED) is 0.736. The van der Waals surface area contributed by atoms with Crippen LogP contribution in [0.4, 0.5) is 0 Å². The molecule has 2 unspecified atom stereocenters. The summed E-state index contributed by atoms with van der Waals surface area (Å²) in [5, 5.41) is 7.09. The second-order valence-corrected chi connectivity index (χ2v) is 4.79. The van der Waals surface area contributed by atoms with Crippen molar-refractivity contribution in [3.8, 4) is 0 Å². The lowest BCUT2D eigenvalue weighted by Crippen LogP contribution is -2.44. The standard InChI is InChI=1S/C12H24N2O/c1-3-7-14-11(5-1)9-13-10-12-6-2-4-8-15-12/h11-14H,1-10H2. The highest BCUT2D eigenvalue weighted by Gasteiger charge is 2.15. The molecule has 0 aliphatic carbocycles. The molecule has 2 fully saturated rings. The van der Waals surface area contributed by atoms with E-state index < -0.39 is 0 Å². The summed E-state index contributed by atoms with van der Waals surface area (Å²) in [5.41, 5.74) is 0. The van der Waals surface area contributed by atoms with Gasteiger partial charge in [0.05, 0.1) is 6.10 Å². The van der Waals surface area contributed by atoms with Gasteiger partial charge in [0.25, 0.3) is 0 Å². The average molecular weight is 212 g/mol. The van der Waals surface area contributed by atoms with Gasteiger partial charge in [-0.25, -0.2) is 0 Å². The molecule has 2 aliphatic heterocycles. The molecule has 0 aromatic rings. The monoisotopic (exact) mass is 212 g/mol. The molecule has 0 amide bonds. The van der Waals surface area contributed by atoms with Crippen LogP contribution in [0.1, 0.15) is 38.5 Å².